The van der Waals surface area contributed by atoms with Crippen molar-refractivity contribution in [2.75, 3.05) is 31.0 Å². The molecule has 0 atom stereocenters. The monoisotopic (exact) mass is 570 g/mol. The number of hydrogen-bond acceptors (Lipinski definition) is 6. The van der Waals surface area contributed by atoms with Gasteiger partial charge in [-0.1, -0.05) is 12.8 Å². The summed E-state index contributed by atoms with van der Waals surface area (Å²) in [5, 5.41) is 6.02. The molecule has 1 aliphatic rings. The Labute approximate surface area is 218 Å². The largest absolute Gasteiger partial charge is 0.484 e. The van der Waals surface area contributed by atoms with Gasteiger partial charge in [-0.05, 0) is 43.5 Å². The molecule has 0 unspecified atom stereocenters. The van der Waals surface area contributed by atoms with E-state index in [2.05, 4.69) is 20.1 Å². The van der Waals surface area contributed by atoms with Gasteiger partial charge in [0, 0.05) is 28.8 Å². The van der Waals surface area contributed by atoms with Gasteiger partial charge < -0.3 is 24.8 Å². The molecule has 1 aromatic carbocycles. The van der Waals surface area contributed by atoms with E-state index >= 15 is 0 Å². The molecule has 37 heavy (non-hydrogen) atoms. The number of nitrogens with one attached hydrogen (secondary N) is 2. The minimum atomic E-state index is -4.66. The number of carbonyl (C=O) groups is 1. The molecule has 3 rings (SSSR count). The number of alkyl halides is 6. The van der Waals surface area contributed by atoms with Crippen LogP contribution in [0.15, 0.2) is 18.2 Å². The molecule has 6 nitrogen and oxygen atoms in total. The van der Waals surface area contributed by atoms with Crippen molar-refractivity contribution in [1.82, 2.24) is 0 Å². The Bertz CT molecular complexity index is 1080. The summed E-state index contributed by atoms with van der Waals surface area (Å²) in [7, 11) is 1.27. The van der Waals surface area contributed by atoms with Crippen molar-refractivity contribution >= 4 is 45.3 Å². The maximum absolute atomic E-state index is 12.6. The summed E-state index contributed by atoms with van der Waals surface area (Å²) in [6.45, 7) is -3.30. The highest BCUT2D eigenvalue weighted by Gasteiger charge is 2.30. The maximum atomic E-state index is 12.6. The number of thiocarbonyl (C=S) groups is 1. The summed E-state index contributed by atoms with van der Waals surface area (Å²) in [4.78, 5) is 13.6. The first kappa shape index (κ1) is 28.8. The van der Waals surface area contributed by atoms with Crippen molar-refractivity contribution in [3.8, 4) is 11.5 Å². The third-order valence-corrected chi connectivity index (χ3v) is 6.64. The van der Waals surface area contributed by atoms with Crippen LogP contribution in [0.1, 0.15) is 46.5 Å². The third-order valence-electron chi connectivity index (χ3n) is 5.23. The van der Waals surface area contributed by atoms with Gasteiger partial charge in [0.15, 0.2) is 18.3 Å². The van der Waals surface area contributed by atoms with E-state index < -0.39 is 31.5 Å². The highest BCUT2D eigenvalue weighted by molar-refractivity contribution is 7.80. The number of fused-ring (bicyclic) bond motifs is 1. The molecule has 0 spiro atoms. The Hall–Kier alpha value is -2.74. The van der Waals surface area contributed by atoms with Gasteiger partial charge >= 0.3 is 18.3 Å². The van der Waals surface area contributed by atoms with Crippen LogP contribution in [0, 0.1) is 0 Å². The molecule has 14 heteroatoms. The van der Waals surface area contributed by atoms with Crippen molar-refractivity contribution in [2.45, 2.75) is 50.9 Å². The van der Waals surface area contributed by atoms with E-state index in [4.69, 9.17) is 17.0 Å². The summed E-state index contributed by atoms with van der Waals surface area (Å²) in [6.07, 6.45) is -3.80. The third kappa shape index (κ3) is 8.95. The van der Waals surface area contributed by atoms with E-state index in [9.17, 15) is 31.1 Å². The second-order valence-corrected chi connectivity index (χ2v) is 9.71. The second-order valence-electron chi connectivity index (χ2n) is 8.19. The van der Waals surface area contributed by atoms with Gasteiger partial charge in [-0.2, -0.15) is 26.3 Å². The summed E-state index contributed by atoms with van der Waals surface area (Å²) in [5.41, 5.74) is 1.28. The van der Waals surface area contributed by atoms with Gasteiger partial charge in [-0.15, -0.1) is 11.3 Å². The first-order valence-corrected chi connectivity index (χ1v) is 12.4. The molecule has 2 aromatic rings. The summed E-state index contributed by atoms with van der Waals surface area (Å²) < 4.78 is 89.9. The molecule has 0 aliphatic heterocycles. The van der Waals surface area contributed by atoms with Gasteiger partial charge in [0.25, 0.3) is 0 Å². The highest BCUT2D eigenvalue weighted by Crippen LogP contribution is 2.38. The summed E-state index contributed by atoms with van der Waals surface area (Å²) in [5.74, 6) is -1.29. The summed E-state index contributed by atoms with van der Waals surface area (Å²) >= 11 is 6.68. The van der Waals surface area contributed by atoms with Gasteiger partial charge in [-0.25, -0.2) is 4.79 Å². The number of anilines is 2. The number of ether oxygens (including phenoxy) is 3. The number of methoxy groups -OCH3 is 1. The number of halogens is 6. The molecule has 0 saturated heterocycles. The van der Waals surface area contributed by atoms with Crippen LogP contribution >= 0.6 is 23.6 Å². The van der Waals surface area contributed by atoms with Crippen LogP contribution in [0.2, 0.25) is 0 Å². The normalized spacial score (nSPS) is 14.1. The van der Waals surface area contributed by atoms with Gasteiger partial charge in [0.2, 0.25) is 0 Å². The van der Waals surface area contributed by atoms with Crippen molar-refractivity contribution < 1.29 is 45.3 Å². The van der Waals surface area contributed by atoms with Crippen molar-refractivity contribution in [3.05, 3.63) is 34.2 Å². The van der Waals surface area contributed by atoms with E-state index in [1.807, 2.05) is 0 Å². The first-order valence-electron chi connectivity index (χ1n) is 11.2. The molecular formula is C23H24F6N2O4S2. The topological polar surface area (TPSA) is 68.8 Å². The lowest BCUT2D eigenvalue weighted by Crippen LogP contribution is -2.22. The van der Waals surface area contributed by atoms with Crippen LogP contribution in [0.4, 0.5) is 37.0 Å². The number of carbonyl (C=O) groups excluding carboxylic acids is 1. The maximum Gasteiger partial charge on any atom is 0.422 e. The number of esters is 1. The molecule has 1 heterocycles. The van der Waals surface area contributed by atoms with E-state index in [0.717, 1.165) is 60.7 Å². The number of benzene rings is 1. The average Bonchev–Trinajstić information content (AvgIpc) is 3.10. The van der Waals surface area contributed by atoms with Crippen LogP contribution in [0.5, 0.6) is 11.5 Å². The molecule has 1 aromatic heterocycles. The van der Waals surface area contributed by atoms with E-state index in [0.29, 0.717) is 17.0 Å². The van der Waals surface area contributed by atoms with Gasteiger partial charge in [0.1, 0.15) is 16.5 Å². The molecule has 1 aliphatic carbocycles. The first-order chi connectivity index (χ1) is 17.3. The zero-order valence-corrected chi connectivity index (χ0v) is 21.2. The Balaban J connectivity index is 1.83. The summed E-state index contributed by atoms with van der Waals surface area (Å²) in [6, 6.07) is 3.18. The van der Waals surface area contributed by atoms with Crippen molar-refractivity contribution in [1.29, 1.82) is 0 Å². The number of hydrogen-bond donors (Lipinski definition) is 2. The second kappa shape index (κ2) is 12.2. The van der Waals surface area contributed by atoms with E-state index in [1.54, 1.807) is 0 Å². The predicted octanol–water partition coefficient (Wildman–Crippen LogP) is 6.88. The van der Waals surface area contributed by atoms with Gasteiger partial charge in [0.05, 0.1) is 12.7 Å². The molecule has 2 N–H and O–H groups in total. The van der Waals surface area contributed by atoms with Gasteiger partial charge in [-0.3, -0.25) is 0 Å². The van der Waals surface area contributed by atoms with Crippen LogP contribution in [-0.2, 0) is 17.6 Å². The Morgan fingerprint density at radius 2 is 1.49 bits per heavy atom. The zero-order chi connectivity index (χ0) is 27.2. The quantitative estimate of drug-likeness (QED) is 0.214. The lowest BCUT2D eigenvalue weighted by Gasteiger charge is -2.16. The SMILES string of the molecule is COC(=O)c1c(NC(=S)Nc2cc(OCC(F)(F)F)cc(OCC(F)(F)F)c2)sc2c1CCCCCC2. The van der Waals surface area contributed by atoms with Crippen LogP contribution < -0.4 is 20.1 Å². The van der Waals surface area contributed by atoms with E-state index in [-0.39, 0.29) is 22.3 Å². The predicted molar refractivity (Wildman–Crippen MR) is 131 cm³/mol. The minimum Gasteiger partial charge on any atom is -0.484 e. The Morgan fingerprint density at radius 3 is 2.03 bits per heavy atom. The van der Waals surface area contributed by atoms with Crippen molar-refractivity contribution in [2.24, 2.45) is 0 Å². The fraction of sp³-hybridized carbons (Fsp3) is 0.478. The van der Waals surface area contributed by atoms with Crippen LogP contribution in [0.3, 0.4) is 0 Å². The standard InChI is InChI=1S/C23H24F6N2O4S2/c1-33-20(32)18-16-6-4-2-3-5-7-17(16)37-19(18)31-21(36)30-13-8-14(34-11-22(24,25)26)10-15(9-13)35-12-23(27,28)29/h8-10H,2-7,11-12H2,1H3,(H2,30,31,36). The lowest BCUT2D eigenvalue weighted by atomic mass is 9.96. The zero-order valence-electron chi connectivity index (χ0n) is 19.6. The molecule has 0 bridgehead atoms. The number of aryl methyl sites for hydroxylation is 1. The molecular weight excluding hydrogens is 546 g/mol. The molecule has 204 valence electrons. The highest BCUT2D eigenvalue weighted by atomic mass is 32.1. The molecule has 0 amide bonds. The van der Waals surface area contributed by atoms with Crippen LogP contribution in [-0.4, -0.2) is 43.8 Å². The number of thiophene rings is 1. The fourth-order valence-electron chi connectivity index (χ4n) is 3.73. The molecule has 0 fully saturated rings. The lowest BCUT2D eigenvalue weighted by molar-refractivity contribution is -0.153. The molecule has 0 saturated carbocycles. The fourth-order valence-corrected chi connectivity index (χ4v) is 5.30. The Morgan fingerprint density at radius 1 is 0.919 bits per heavy atom. The average molecular weight is 571 g/mol. The molecule has 0 radical (unpaired) electrons. The number of rotatable bonds is 7. The minimum absolute atomic E-state index is 0.0175. The Kier molecular flexibility index (Phi) is 9.51. The van der Waals surface area contributed by atoms with Crippen molar-refractivity contribution in [3.63, 3.8) is 0 Å². The van der Waals surface area contributed by atoms with E-state index in [1.165, 1.54) is 18.4 Å². The smallest absolute Gasteiger partial charge is 0.422 e. The van der Waals surface area contributed by atoms with Crippen LogP contribution in [0.25, 0.3) is 0 Å².